The van der Waals surface area contributed by atoms with Crippen molar-refractivity contribution in [2.24, 2.45) is 0 Å². The van der Waals surface area contributed by atoms with E-state index in [0.717, 1.165) is 24.9 Å². The van der Waals surface area contributed by atoms with Gasteiger partial charge in [0, 0.05) is 30.7 Å². The minimum absolute atomic E-state index is 0.0397. The van der Waals surface area contributed by atoms with Gasteiger partial charge in [-0.1, -0.05) is 12.1 Å². The fourth-order valence-electron chi connectivity index (χ4n) is 3.22. The van der Waals surface area contributed by atoms with Gasteiger partial charge in [-0.2, -0.15) is 0 Å². The van der Waals surface area contributed by atoms with Gasteiger partial charge in [-0.3, -0.25) is 4.79 Å². The van der Waals surface area contributed by atoms with Crippen LogP contribution in [-0.2, 0) is 9.84 Å². The molecule has 3 rings (SSSR count). The molecule has 0 aromatic heterocycles. The maximum Gasteiger partial charge on any atom is 0.256 e. The summed E-state index contributed by atoms with van der Waals surface area (Å²) < 4.78 is 23.7. The summed E-state index contributed by atoms with van der Waals surface area (Å²) in [7, 11) is -3.46. The maximum atomic E-state index is 12.5. The van der Waals surface area contributed by atoms with Crippen LogP contribution in [0.25, 0.3) is 0 Å². The first-order chi connectivity index (χ1) is 11.9. The normalized spacial score (nSPS) is 14.6. The van der Waals surface area contributed by atoms with Gasteiger partial charge in [0.15, 0.2) is 9.84 Å². The van der Waals surface area contributed by atoms with Crippen LogP contribution in [0.4, 0.5) is 11.4 Å². The Balaban J connectivity index is 1.83. The van der Waals surface area contributed by atoms with Gasteiger partial charge in [-0.05, 0) is 55.7 Å². The van der Waals surface area contributed by atoms with Gasteiger partial charge in [-0.25, -0.2) is 8.42 Å². The molecule has 0 unspecified atom stereocenters. The largest absolute Gasteiger partial charge is 0.371 e. The summed E-state index contributed by atoms with van der Waals surface area (Å²) in [5.74, 6) is -0.422. The van der Waals surface area contributed by atoms with E-state index >= 15 is 0 Å². The van der Waals surface area contributed by atoms with Crippen LogP contribution in [0.1, 0.15) is 28.8 Å². The number of benzene rings is 2. The smallest absolute Gasteiger partial charge is 0.256 e. The third kappa shape index (κ3) is 3.85. The highest BCUT2D eigenvalue weighted by molar-refractivity contribution is 7.90. The number of carbonyl (C=O) groups excluding carboxylic acids is 1. The molecular formula is C19H22N2O3S. The maximum absolute atomic E-state index is 12.5. The van der Waals surface area contributed by atoms with Gasteiger partial charge in [0.2, 0.25) is 0 Å². The lowest BCUT2D eigenvalue weighted by Gasteiger charge is -2.20. The Hall–Kier alpha value is -2.34. The van der Waals surface area contributed by atoms with Crippen LogP contribution in [0.3, 0.4) is 0 Å². The van der Waals surface area contributed by atoms with E-state index in [1.165, 1.54) is 30.7 Å². The minimum Gasteiger partial charge on any atom is -0.371 e. The number of nitrogens with one attached hydrogen (secondary N) is 1. The fourth-order valence-corrected chi connectivity index (χ4v) is 4.11. The molecule has 6 heteroatoms. The molecule has 0 aliphatic carbocycles. The average Bonchev–Trinajstić information content (AvgIpc) is 3.08. The van der Waals surface area contributed by atoms with E-state index < -0.39 is 15.7 Å². The standard InChI is InChI=1S/C19H22N2O3S/c1-14-13-15(9-10-17(14)21-11-5-6-12-21)20-19(22)16-7-3-4-8-18(16)25(2,23)24/h3-4,7-10,13H,5-6,11-12H2,1-2H3,(H,20,22). The average molecular weight is 358 g/mol. The third-order valence-electron chi connectivity index (χ3n) is 4.43. The lowest BCUT2D eigenvalue weighted by atomic mass is 10.1. The summed E-state index contributed by atoms with van der Waals surface area (Å²) in [6.45, 7) is 4.15. The summed E-state index contributed by atoms with van der Waals surface area (Å²) in [6.07, 6.45) is 3.52. The Bertz CT molecular complexity index is 901. The van der Waals surface area contributed by atoms with E-state index in [9.17, 15) is 13.2 Å². The Labute approximate surface area is 148 Å². The lowest BCUT2D eigenvalue weighted by Crippen LogP contribution is -2.19. The molecule has 25 heavy (non-hydrogen) atoms. The van der Waals surface area contributed by atoms with Crippen LogP contribution >= 0.6 is 0 Å². The van der Waals surface area contributed by atoms with Crippen molar-refractivity contribution in [1.82, 2.24) is 0 Å². The molecule has 0 radical (unpaired) electrons. The molecule has 1 amide bonds. The molecule has 1 fully saturated rings. The molecule has 1 saturated heterocycles. The number of hydrogen-bond donors (Lipinski definition) is 1. The highest BCUT2D eigenvalue weighted by Crippen LogP contribution is 2.27. The van der Waals surface area contributed by atoms with Crippen molar-refractivity contribution in [3.63, 3.8) is 0 Å². The van der Waals surface area contributed by atoms with Crippen molar-refractivity contribution < 1.29 is 13.2 Å². The molecule has 2 aromatic rings. The SMILES string of the molecule is Cc1cc(NC(=O)c2ccccc2S(C)(=O)=O)ccc1N1CCCC1. The summed E-state index contributed by atoms with van der Waals surface area (Å²) >= 11 is 0. The van der Waals surface area contributed by atoms with E-state index in [0.29, 0.717) is 5.69 Å². The van der Waals surface area contributed by atoms with Gasteiger partial charge in [0.05, 0.1) is 10.5 Å². The number of sulfone groups is 1. The molecule has 0 atom stereocenters. The van der Waals surface area contributed by atoms with Gasteiger partial charge >= 0.3 is 0 Å². The van der Waals surface area contributed by atoms with Crippen LogP contribution in [0, 0.1) is 6.92 Å². The van der Waals surface area contributed by atoms with E-state index in [1.54, 1.807) is 12.1 Å². The van der Waals surface area contributed by atoms with E-state index in [-0.39, 0.29) is 10.5 Å². The minimum atomic E-state index is -3.46. The first-order valence-corrected chi connectivity index (χ1v) is 10.2. The molecular weight excluding hydrogens is 336 g/mol. The third-order valence-corrected chi connectivity index (χ3v) is 5.59. The molecule has 0 bridgehead atoms. The molecule has 1 N–H and O–H groups in total. The van der Waals surface area contributed by atoms with E-state index in [1.807, 2.05) is 25.1 Å². The summed E-state index contributed by atoms with van der Waals surface area (Å²) in [5, 5.41) is 2.81. The van der Waals surface area contributed by atoms with Gasteiger partial charge in [0.25, 0.3) is 5.91 Å². The summed E-state index contributed by atoms with van der Waals surface area (Å²) in [4.78, 5) is 14.9. The Morgan fingerprint density at radius 3 is 2.40 bits per heavy atom. The van der Waals surface area contributed by atoms with Crippen molar-refractivity contribution >= 4 is 27.1 Å². The second-order valence-corrected chi connectivity index (χ2v) is 8.40. The monoisotopic (exact) mass is 358 g/mol. The van der Waals surface area contributed by atoms with Gasteiger partial charge in [-0.15, -0.1) is 0 Å². The van der Waals surface area contributed by atoms with Crippen molar-refractivity contribution in [2.75, 3.05) is 29.6 Å². The Morgan fingerprint density at radius 2 is 1.76 bits per heavy atom. The first-order valence-electron chi connectivity index (χ1n) is 8.32. The van der Waals surface area contributed by atoms with Crippen LogP contribution in [0.5, 0.6) is 0 Å². The summed E-state index contributed by atoms with van der Waals surface area (Å²) in [6, 6.07) is 12.0. The molecule has 1 heterocycles. The Morgan fingerprint density at radius 1 is 1.08 bits per heavy atom. The first kappa shape index (κ1) is 17.5. The Kier molecular flexibility index (Phi) is 4.81. The number of nitrogens with zero attached hydrogens (tertiary/aromatic N) is 1. The second kappa shape index (κ2) is 6.88. The predicted octanol–water partition coefficient (Wildman–Crippen LogP) is 3.25. The molecule has 132 valence electrons. The van der Waals surface area contributed by atoms with Crippen LogP contribution in [0.2, 0.25) is 0 Å². The lowest BCUT2D eigenvalue weighted by molar-refractivity contribution is 0.102. The molecule has 0 spiro atoms. The van der Waals surface area contributed by atoms with Gasteiger partial charge < -0.3 is 10.2 Å². The van der Waals surface area contributed by atoms with Crippen molar-refractivity contribution in [2.45, 2.75) is 24.7 Å². The fraction of sp³-hybridized carbons (Fsp3) is 0.316. The quantitative estimate of drug-likeness (QED) is 0.911. The zero-order valence-electron chi connectivity index (χ0n) is 14.5. The number of anilines is 2. The highest BCUT2D eigenvalue weighted by Gasteiger charge is 2.19. The number of carbonyl (C=O) groups is 1. The van der Waals surface area contributed by atoms with Gasteiger partial charge in [0.1, 0.15) is 0 Å². The van der Waals surface area contributed by atoms with Crippen molar-refractivity contribution in [3.05, 3.63) is 53.6 Å². The molecule has 1 aliphatic heterocycles. The zero-order chi connectivity index (χ0) is 18.0. The van der Waals surface area contributed by atoms with E-state index in [4.69, 9.17) is 0 Å². The topological polar surface area (TPSA) is 66.5 Å². The van der Waals surface area contributed by atoms with Crippen molar-refractivity contribution in [3.8, 4) is 0 Å². The highest BCUT2D eigenvalue weighted by atomic mass is 32.2. The van der Waals surface area contributed by atoms with Crippen LogP contribution < -0.4 is 10.2 Å². The second-order valence-electron chi connectivity index (χ2n) is 6.42. The number of rotatable bonds is 4. The number of hydrogen-bond acceptors (Lipinski definition) is 4. The molecule has 2 aromatic carbocycles. The number of amides is 1. The van der Waals surface area contributed by atoms with Crippen LogP contribution in [0.15, 0.2) is 47.4 Å². The van der Waals surface area contributed by atoms with Crippen molar-refractivity contribution in [1.29, 1.82) is 0 Å². The van der Waals surface area contributed by atoms with Crippen LogP contribution in [-0.4, -0.2) is 33.7 Å². The molecule has 0 saturated carbocycles. The predicted molar refractivity (Wildman–Crippen MR) is 100 cm³/mol. The number of aryl methyl sites for hydroxylation is 1. The molecule has 1 aliphatic rings. The zero-order valence-corrected chi connectivity index (χ0v) is 15.3. The summed E-state index contributed by atoms with van der Waals surface area (Å²) in [5.41, 5.74) is 3.10. The van der Waals surface area contributed by atoms with E-state index in [2.05, 4.69) is 10.2 Å². The molecule has 5 nitrogen and oxygen atoms in total.